The van der Waals surface area contributed by atoms with Gasteiger partial charge in [-0.3, -0.25) is 23.6 Å². The van der Waals surface area contributed by atoms with Crippen LogP contribution in [0.2, 0.25) is 5.02 Å². The molecule has 10 nitrogen and oxygen atoms in total. The number of carbonyl (C=O) groups excluding carboxylic acids is 2. The number of aryl methyl sites for hydroxylation is 3. The second-order valence-corrected chi connectivity index (χ2v) is 6.39. The number of halogens is 1. The molecule has 0 aliphatic heterocycles. The Bertz CT molecular complexity index is 957. The minimum Gasteiger partial charge on any atom is -0.346 e. The van der Waals surface area contributed by atoms with Crippen LogP contribution in [0.5, 0.6) is 0 Å². The van der Waals surface area contributed by atoms with E-state index in [1.165, 1.54) is 17.1 Å². The lowest BCUT2D eigenvalue weighted by Gasteiger charge is -2.08. The van der Waals surface area contributed by atoms with Gasteiger partial charge < -0.3 is 10.6 Å². The maximum absolute atomic E-state index is 12.5. The SMILES string of the molecule is Cn1cc(CNC(=O)c2c(NC(=O)CCn3cc(Cl)cn3)cnn2C)cn1. The van der Waals surface area contributed by atoms with E-state index in [1.807, 2.05) is 6.20 Å². The lowest BCUT2D eigenvalue weighted by molar-refractivity contribution is -0.116. The number of amides is 2. The summed E-state index contributed by atoms with van der Waals surface area (Å²) >= 11 is 5.79. The fourth-order valence-corrected chi connectivity index (χ4v) is 2.67. The minimum absolute atomic E-state index is 0.184. The average molecular weight is 391 g/mol. The quantitative estimate of drug-likeness (QED) is 0.624. The molecule has 0 spiro atoms. The average Bonchev–Trinajstić information content (AvgIpc) is 3.32. The predicted molar refractivity (Wildman–Crippen MR) is 98.1 cm³/mol. The van der Waals surface area contributed by atoms with Crippen molar-refractivity contribution < 1.29 is 9.59 Å². The van der Waals surface area contributed by atoms with E-state index in [0.717, 1.165) is 5.56 Å². The molecule has 3 rings (SSSR count). The molecule has 0 aliphatic rings. The lowest BCUT2D eigenvalue weighted by Crippen LogP contribution is -2.26. The molecular weight excluding hydrogens is 372 g/mol. The Morgan fingerprint density at radius 3 is 2.59 bits per heavy atom. The molecule has 0 aliphatic carbocycles. The third-order valence-corrected chi connectivity index (χ3v) is 4.00. The molecule has 0 aromatic carbocycles. The number of nitrogens with zero attached hydrogens (tertiary/aromatic N) is 6. The number of hydrogen-bond acceptors (Lipinski definition) is 5. The van der Waals surface area contributed by atoms with Crippen LogP contribution in [0.25, 0.3) is 0 Å². The van der Waals surface area contributed by atoms with Gasteiger partial charge in [-0.05, 0) is 0 Å². The van der Waals surface area contributed by atoms with Crippen LogP contribution in [0.3, 0.4) is 0 Å². The summed E-state index contributed by atoms with van der Waals surface area (Å²) in [6, 6.07) is 0. The van der Waals surface area contributed by atoms with E-state index in [2.05, 4.69) is 25.9 Å². The second kappa shape index (κ2) is 8.04. The van der Waals surface area contributed by atoms with E-state index in [9.17, 15) is 9.59 Å². The van der Waals surface area contributed by atoms with Crippen molar-refractivity contribution in [1.82, 2.24) is 34.7 Å². The van der Waals surface area contributed by atoms with E-state index in [4.69, 9.17) is 11.6 Å². The first-order valence-corrected chi connectivity index (χ1v) is 8.55. The van der Waals surface area contributed by atoms with Crippen LogP contribution in [0.15, 0.2) is 31.0 Å². The van der Waals surface area contributed by atoms with Gasteiger partial charge in [-0.25, -0.2) is 0 Å². The third-order valence-electron chi connectivity index (χ3n) is 3.81. The molecule has 0 atom stereocenters. The van der Waals surface area contributed by atoms with Crippen molar-refractivity contribution in [3.8, 4) is 0 Å². The summed E-state index contributed by atoms with van der Waals surface area (Å²) in [5.41, 5.74) is 1.50. The van der Waals surface area contributed by atoms with Crippen molar-refractivity contribution in [1.29, 1.82) is 0 Å². The maximum Gasteiger partial charge on any atom is 0.271 e. The zero-order valence-electron chi connectivity index (χ0n) is 14.9. The zero-order chi connectivity index (χ0) is 19.4. The van der Waals surface area contributed by atoms with E-state index in [0.29, 0.717) is 23.8 Å². The fraction of sp³-hybridized carbons (Fsp3) is 0.312. The number of hydrogen-bond donors (Lipinski definition) is 2. The number of anilines is 1. The van der Waals surface area contributed by atoms with E-state index < -0.39 is 0 Å². The Morgan fingerprint density at radius 1 is 1.11 bits per heavy atom. The molecule has 0 fully saturated rings. The normalized spacial score (nSPS) is 10.8. The van der Waals surface area contributed by atoms with Crippen LogP contribution in [0, 0.1) is 0 Å². The van der Waals surface area contributed by atoms with Crippen molar-refractivity contribution in [2.45, 2.75) is 19.5 Å². The monoisotopic (exact) mass is 390 g/mol. The Morgan fingerprint density at radius 2 is 1.93 bits per heavy atom. The largest absolute Gasteiger partial charge is 0.346 e. The second-order valence-electron chi connectivity index (χ2n) is 5.96. The van der Waals surface area contributed by atoms with Crippen molar-refractivity contribution in [2.75, 3.05) is 5.32 Å². The van der Waals surface area contributed by atoms with Crippen LogP contribution in [0.1, 0.15) is 22.5 Å². The first kappa shape index (κ1) is 18.6. The highest BCUT2D eigenvalue weighted by atomic mass is 35.5. The van der Waals surface area contributed by atoms with Gasteiger partial charge in [0.15, 0.2) is 0 Å². The van der Waals surface area contributed by atoms with Gasteiger partial charge in [-0.15, -0.1) is 0 Å². The molecule has 142 valence electrons. The molecule has 3 aromatic rings. The van der Waals surface area contributed by atoms with Gasteiger partial charge in [0.1, 0.15) is 5.69 Å². The highest BCUT2D eigenvalue weighted by Gasteiger charge is 2.18. The summed E-state index contributed by atoms with van der Waals surface area (Å²) in [5, 5.41) is 18.2. The molecule has 3 aromatic heterocycles. The third kappa shape index (κ3) is 4.73. The van der Waals surface area contributed by atoms with E-state index >= 15 is 0 Å². The summed E-state index contributed by atoms with van der Waals surface area (Å²) in [4.78, 5) is 24.7. The molecule has 0 saturated heterocycles. The van der Waals surface area contributed by atoms with Gasteiger partial charge in [0, 0.05) is 51.6 Å². The smallest absolute Gasteiger partial charge is 0.271 e. The lowest BCUT2D eigenvalue weighted by atomic mass is 10.3. The van der Waals surface area contributed by atoms with Gasteiger partial charge in [-0.1, -0.05) is 11.6 Å². The van der Waals surface area contributed by atoms with E-state index in [1.54, 1.807) is 35.9 Å². The van der Waals surface area contributed by atoms with Crippen LogP contribution >= 0.6 is 11.6 Å². The molecule has 2 N–H and O–H groups in total. The summed E-state index contributed by atoms with van der Waals surface area (Å²) < 4.78 is 4.65. The van der Waals surface area contributed by atoms with Crippen LogP contribution in [-0.2, 0) is 32.0 Å². The molecule has 0 saturated carbocycles. The molecule has 3 heterocycles. The van der Waals surface area contributed by atoms with Crippen molar-refractivity contribution in [3.63, 3.8) is 0 Å². The van der Waals surface area contributed by atoms with Crippen molar-refractivity contribution >= 4 is 29.1 Å². The minimum atomic E-state index is -0.340. The summed E-state index contributed by atoms with van der Waals surface area (Å²) in [6.45, 7) is 0.701. The highest BCUT2D eigenvalue weighted by Crippen LogP contribution is 2.15. The Hall–Kier alpha value is -3.14. The van der Waals surface area contributed by atoms with Crippen LogP contribution in [0.4, 0.5) is 5.69 Å². The number of rotatable bonds is 7. The predicted octanol–water partition coefficient (Wildman–Crippen LogP) is 0.962. The van der Waals surface area contributed by atoms with Crippen LogP contribution in [-0.4, -0.2) is 41.2 Å². The summed E-state index contributed by atoms with van der Waals surface area (Å²) in [6.07, 6.45) is 8.26. The van der Waals surface area contributed by atoms with Gasteiger partial charge in [0.05, 0.1) is 29.3 Å². The summed E-state index contributed by atoms with van der Waals surface area (Å²) in [7, 11) is 3.44. The van der Waals surface area contributed by atoms with Gasteiger partial charge in [-0.2, -0.15) is 15.3 Å². The Kier molecular flexibility index (Phi) is 5.55. The van der Waals surface area contributed by atoms with Crippen LogP contribution < -0.4 is 10.6 Å². The number of carbonyl (C=O) groups is 2. The number of aromatic nitrogens is 6. The Balaban J connectivity index is 1.59. The van der Waals surface area contributed by atoms with Gasteiger partial charge in [0.2, 0.25) is 5.91 Å². The molecule has 0 radical (unpaired) electrons. The first-order valence-electron chi connectivity index (χ1n) is 8.18. The van der Waals surface area contributed by atoms with Crippen molar-refractivity contribution in [3.05, 3.63) is 47.3 Å². The van der Waals surface area contributed by atoms with Crippen molar-refractivity contribution in [2.24, 2.45) is 14.1 Å². The fourth-order valence-electron chi connectivity index (χ4n) is 2.52. The maximum atomic E-state index is 12.5. The molecular formula is C16H19ClN8O2. The summed E-state index contributed by atoms with van der Waals surface area (Å²) in [5.74, 6) is -0.594. The zero-order valence-corrected chi connectivity index (χ0v) is 15.6. The topological polar surface area (TPSA) is 112 Å². The van der Waals surface area contributed by atoms with E-state index in [-0.39, 0.29) is 23.9 Å². The molecule has 27 heavy (non-hydrogen) atoms. The molecule has 0 bridgehead atoms. The molecule has 2 amide bonds. The molecule has 11 heteroatoms. The molecule has 0 unspecified atom stereocenters. The van der Waals surface area contributed by atoms with Gasteiger partial charge in [0.25, 0.3) is 5.91 Å². The van der Waals surface area contributed by atoms with Gasteiger partial charge >= 0.3 is 0 Å². The number of nitrogens with one attached hydrogen (secondary N) is 2. The Labute approximate surface area is 160 Å². The highest BCUT2D eigenvalue weighted by molar-refractivity contribution is 6.30. The first-order chi connectivity index (χ1) is 12.9. The standard InChI is InChI=1S/C16H19ClN8O2/c1-23-9-11(6-19-23)5-18-16(27)15-13(8-20-24(15)2)22-14(26)3-4-25-10-12(17)7-21-25/h6-10H,3-5H2,1-2H3,(H,18,27)(H,22,26).